The average molecular weight is 183 g/mol. The van der Waals surface area contributed by atoms with Crippen molar-refractivity contribution in [2.75, 3.05) is 6.67 Å². The zero-order chi connectivity index (χ0) is 9.94. The van der Waals surface area contributed by atoms with Crippen LogP contribution in [-0.4, -0.2) is 33.5 Å². The van der Waals surface area contributed by atoms with Crippen molar-refractivity contribution in [2.24, 2.45) is 5.73 Å². The molecular weight excluding hydrogens is 177 g/mol. The van der Waals surface area contributed by atoms with Gasteiger partial charge >= 0.3 is 5.66 Å². The lowest BCUT2D eigenvalue weighted by Gasteiger charge is -2.15. The third-order valence-corrected chi connectivity index (χ3v) is 1.30. The molecule has 8 nitrogen and oxygen atoms in total. The molecule has 12 heavy (non-hydrogen) atoms. The van der Waals surface area contributed by atoms with Crippen molar-refractivity contribution in [2.45, 2.75) is 11.9 Å². The number of alkyl halides is 1. The minimum absolute atomic E-state index is 1.56. The summed E-state index contributed by atoms with van der Waals surface area (Å²) in [5.74, 6) is 0. The molecule has 0 aromatic carbocycles. The molecule has 1 atom stereocenters. The van der Waals surface area contributed by atoms with Gasteiger partial charge in [0.25, 0.3) is 6.23 Å². The average Bonchev–Trinajstić information content (AvgIpc) is 1.86. The predicted octanol–water partition coefficient (Wildman–Crippen LogP) is -1.52. The molecule has 3 N–H and O–H groups in total. The molecule has 0 saturated carbocycles. The highest BCUT2D eigenvalue weighted by molar-refractivity contribution is 4.71. The van der Waals surface area contributed by atoms with Gasteiger partial charge in [0.1, 0.15) is 9.85 Å². The number of nitrogens with two attached hydrogens (primary N) is 1. The molecule has 1 unspecified atom stereocenters. The minimum Gasteiger partial charge on any atom is -0.366 e. The first kappa shape index (κ1) is 10.7. The molecule has 0 bridgehead atoms. The van der Waals surface area contributed by atoms with Gasteiger partial charge in [-0.15, -0.1) is 0 Å². The molecule has 0 amide bonds. The van der Waals surface area contributed by atoms with Crippen molar-refractivity contribution >= 4 is 0 Å². The van der Waals surface area contributed by atoms with Crippen LogP contribution in [0.4, 0.5) is 4.39 Å². The summed E-state index contributed by atoms with van der Waals surface area (Å²) in [6.07, 6.45) is -2.48. The van der Waals surface area contributed by atoms with Crippen LogP contribution in [0.5, 0.6) is 0 Å². The summed E-state index contributed by atoms with van der Waals surface area (Å²) < 4.78 is 11.9. The Morgan fingerprint density at radius 2 is 1.83 bits per heavy atom. The third kappa shape index (κ3) is 1.31. The van der Waals surface area contributed by atoms with Crippen LogP contribution < -0.4 is 5.73 Å². The normalized spacial score (nSPS) is 13.9. The number of rotatable bonds is 4. The van der Waals surface area contributed by atoms with Crippen molar-refractivity contribution in [3.63, 3.8) is 0 Å². The predicted molar refractivity (Wildman–Crippen MR) is 32.9 cm³/mol. The van der Waals surface area contributed by atoms with E-state index in [0.29, 0.717) is 0 Å². The number of hydrogen-bond acceptors (Lipinski definition) is 6. The minimum atomic E-state index is -3.35. The summed E-state index contributed by atoms with van der Waals surface area (Å²) in [6.45, 7) is -1.97. The molecule has 0 saturated heterocycles. The van der Waals surface area contributed by atoms with Gasteiger partial charge in [-0.05, 0) is 0 Å². The molecule has 0 aliphatic heterocycles. The molecular formula is C3H6FN3O5. The van der Waals surface area contributed by atoms with Crippen LogP contribution in [0.15, 0.2) is 0 Å². The van der Waals surface area contributed by atoms with E-state index in [1.165, 1.54) is 0 Å². The summed E-state index contributed by atoms with van der Waals surface area (Å²) in [4.78, 5) is 16.9. The first-order valence-electron chi connectivity index (χ1n) is 2.68. The highest BCUT2D eigenvalue weighted by Gasteiger charge is 2.62. The Hall–Kier alpha value is -1.35. The molecule has 0 aliphatic carbocycles. The second kappa shape index (κ2) is 3.36. The van der Waals surface area contributed by atoms with E-state index in [9.17, 15) is 24.6 Å². The van der Waals surface area contributed by atoms with Crippen molar-refractivity contribution in [1.82, 2.24) is 0 Å². The molecule has 0 spiro atoms. The van der Waals surface area contributed by atoms with Crippen LogP contribution >= 0.6 is 0 Å². The highest BCUT2D eigenvalue weighted by atomic mass is 19.1. The lowest BCUT2D eigenvalue weighted by molar-refractivity contribution is -0.806. The van der Waals surface area contributed by atoms with Crippen LogP contribution in [0.1, 0.15) is 0 Å². The van der Waals surface area contributed by atoms with Gasteiger partial charge in [0, 0.05) is 0 Å². The topological polar surface area (TPSA) is 133 Å². The molecule has 70 valence electrons. The second-order valence-electron chi connectivity index (χ2n) is 1.97. The zero-order valence-corrected chi connectivity index (χ0v) is 5.71. The Kier molecular flexibility index (Phi) is 2.99. The summed E-state index contributed by atoms with van der Waals surface area (Å²) in [5.41, 5.74) is 1.17. The van der Waals surface area contributed by atoms with E-state index in [1.54, 1.807) is 0 Å². The van der Waals surface area contributed by atoms with Gasteiger partial charge in [0.15, 0.2) is 0 Å². The Bertz CT molecular complexity index is 192. The summed E-state index contributed by atoms with van der Waals surface area (Å²) in [5, 5.41) is 28.5. The van der Waals surface area contributed by atoms with Gasteiger partial charge in [0.2, 0.25) is 6.67 Å². The fourth-order valence-electron chi connectivity index (χ4n) is 0.459. The monoisotopic (exact) mass is 183 g/mol. The number of halogens is 1. The Balaban J connectivity index is 5.04. The fourth-order valence-corrected chi connectivity index (χ4v) is 0.459. The molecule has 9 heteroatoms. The van der Waals surface area contributed by atoms with E-state index >= 15 is 0 Å². The van der Waals surface area contributed by atoms with E-state index in [2.05, 4.69) is 5.73 Å². The molecule has 0 aliphatic rings. The van der Waals surface area contributed by atoms with Gasteiger partial charge in [-0.1, -0.05) is 0 Å². The molecule has 0 aromatic rings. The maximum absolute atomic E-state index is 11.9. The van der Waals surface area contributed by atoms with Crippen molar-refractivity contribution in [3.8, 4) is 0 Å². The van der Waals surface area contributed by atoms with Crippen LogP contribution in [-0.2, 0) is 0 Å². The number of aliphatic hydroxyl groups excluding tert-OH is 1. The van der Waals surface area contributed by atoms with Crippen LogP contribution in [0.2, 0.25) is 0 Å². The van der Waals surface area contributed by atoms with E-state index in [-0.39, 0.29) is 0 Å². The number of nitro groups is 2. The van der Waals surface area contributed by atoms with Crippen molar-refractivity contribution in [3.05, 3.63) is 20.2 Å². The van der Waals surface area contributed by atoms with Crippen molar-refractivity contribution in [1.29, 1.82) is 0 Å². The fraction of sp³-hybridized carbons (Fsp3) is 1.00. The van der Waals surface area contributed by atoms with E-state index < -0.39 is 28.4 Å². The summed E-state index contributed by atoms with van der Waals surface area (Å²) >= 11 is 0. The Labute approximate surface area is 65.1 Å². The standard InChI is InChI=1S/C3H6FN3O5/c4-1-3(2(5)8,6(9)10)7(11)12/h2,8H,1,5H2. The lowest BCUT2D eigenvalue weighted by Crippen LogP contribution is -2.61. The molecule has 0 fully saturated rings. The maximum atomic E-state index is 11.9. The van der Waals surface area contributed by atoms with Gasteiger partial charge in [-0.2, -0.15) is 0 Å². The third-order valence-electron chi connectivity index (χ3n) is 1.30. The van der Waals surface area contributed by atoms with Crippen LogP contribution in [0.25, 0.3) is 0 Å². The van der Waals surface area contributed by atoms with Crippen LogP contribution in [0, 0.1) is 20.2 Å². The molecule has 0 radical (unpaired) electrons. The SMILES string of the molecule is NC(O)C(CF)([N+](=O)[O-])[N+](=O)[O-]. The maximum Gasteiger partial charge on any atom is 0.522 e. The summed E-state index contributed by atoms with van der Waals surface area (Å²) in [6, 6.07) is 0. The Morgan fingerprint density at radius 3 is 1.83 bits per heavy atom. The molecule has 0 rings (SSSR count). The highest BCUT2D eigenvalue weighted by Crippen LogP contribution is 2.14. The van der Waals surface area contributed by atoms with E-state index in [1.807, 2.05) is 0 Å². The largest absolute Gasteiger partial charge is 0.522 e. The number of aliphatic hydroxyl groups is 1. The van der Waals surface area contributed by atoms with Gasteiger partial charge < -0.3 is 5.11 Å². The van der Waals surface area contributed by atoms with E-state index in [4.69, 9.17) is 5.11 Å². The smallest absolute Gasteiger partial charge is 0.366 e. The quantitative estimate of drug-likeness (QED) is 0.309. The first-order valence-corrected chi connectivity index (χ1v) is 2.68. The first-order chi connectivity index (χ1) is 5.39. The van der Waals surface area contributed by atoms with Gasteiger partial charge in [0.05, 0.1) is 0 Å². The number of nitrogens with zero attached hydrogens (tertiary/aromatic N) is 2. The second-order valence-corrected chi connectivity index (χ2v) is 1.97. The zero-order valence-electron chi connectivity index (χ0n) is 5.71. The Morgan fingerprint density at radius 1 is 1.50 bits per heavy atom. The lowest BCUT2D eigenvalue weighted by atomic mass is 10.2. The molecule has 0 aromatic heterocycles. The van der Waals surface area contributed by atoms with E-state index in [0.717, 1.165) is 0 Å². The molecule has 0 heterocycles. The van der Waals surface area contributed by atoms with Crippen LogP contribution in [0.3, 0.4) is 0 Å². The number of hydrogen-bond donors (Lipinski definition) is 2. The van der Waals surface area contributed by atoms with Gasteiger partial charge in [-0.25, -0.2) is 4.39 Å². The van der Waals surface area contributed by atoms with Crippen molar-refractivity contribution < 1.29 is 19.3 Å². The summed E-state index contributed by atoms with van der Waals surface area (Å²) in [7, 11) is 0. The van der Waals surface area contributed by atoms with Gasteiger partial charge in [-0.3, -0.25) is 26.0 Å².